The Balaban J connectivity index is 2.44. The first-order valence-electron chi connectivity index (χ1n) is 3.96. The molecule has 0 aromatic heterocycles. The lowest BCUT2D eigenvalue weighted by Crippen LogP contribution is -2.37. The van der Waals surface area contributed by atoms with Crippen LogP contribution in [0.15, 0.2) is 11.6 Å². The van der Waals surface area contributed by atoms with Crippen LogP contribution in [0.4, 0.5) is 0 Å². The fourth-order valence-corrected chi connectivity index (χ4v) is 1.26. The SMILES string of the molecule is CN1C(=O)CC(NC/C=C/Cl)C1=O. The Morgan fingerprint density at radius 1 is 1.69 bits per heavy atom. The van der Waals surface area contributed by atoms with Crippen molar-refractivity contribution in [2.24, 2.45) is 0 Å². The number of nitrogens with zero attached hydrogens (tertiary/aromatic N) is 1. The summed E-state index contributed by atoms with van der Waals surface area (Å²) in [5.41, 5.74) is 1.37. The van der Waals surface area contributed by atoms with Gasteiger partial charge in [0.2, 0.25) is 11.8 Å². The van der Waals surface area contributed by atoms with Crippen molar-refractivity contribution >= 4 is 23.4 Å². The topological polar surface area (TPSA) is 49.4 Å². The molecule has 0 aliphatic carbocycles. The molecule has 2 amide bonds. The maximum atomic E-state index is 11.3. The molecule has 13 heavy (non-hydrogen) atoms. The van der Waals surface area contributed by atoms with Crippen molar-refractivity contribution in [3.8, 4) is 0 Å². The number of halogens is 1. The smallest absolute Gasteiger partial charge is 0.246 e. The Morgan fingerprint density at radius 2 is 2.38 bits per heavy atom. The Bertz CT molecular complexity index is 253. The van der Waals surface area contributed by atoms with E-state index in [0.29, 0.717) is 6.54 Å². The summed E-state index contributed by atoms with van der Waals surface area (Å²) in [7, 11) is 1.49. The van der Waals surface area contributed by atoms with Crippen LogP contribution in [-0.4, -0.2) is 36.3 Å². The molecule has 5 heteroatoms. The second-order valence-corrected chi connectivity index (χ2v) is 3.07. The van der Waals surface area contributed by atoms with Crippen molar-refractivity contribution in [3.63, 3.8) is 0 Å². The van der Waals surface area contributed by atoms with Gasteiger partial charge in [0.1, 0.15) is 0 Å². The van der Waals surface area contributed by atoms with Gasteiger partial charge in [0.25, 0.3) is 0 Å². The average molecular weight is 203 g/mol. The number of likely N-dealkylation sites (N-methyl/N-ethyl adjacent to an activating group) is 1. The summed E-state index contributed by atoms with van der Waals surface area (Å²) in [5.74, 6) is -0.315. The predicted molar refractivity (Wildman–Crippen MR) is 49.2 cm³/mol. The van der Waals surface area contributed by atoms with Gasteiger partial charge in [-0.2, -0.15) is 0 Å². The van der Waals surface area contributed by atoms with E-state index in [2.05, 4.69) is 5.32 Å². The minimum Gasteiger partial charge on any atom is -0.302 e. The molecule has 1 aliphatic heterocycles. The van der Waals surface area contributed by atoms with Gasteiger partial charge in [0, 0.05) is 19.1 Å². The van der Waals surface area contributed by atoms with Crippen LogP contribution in [0.2, 0.25) is 0 Å². The maximum Gasteiger partial charge on any atom is 0.246 e. The quantitative estimate of drug-likeness (QED) is 0.660. The first-order valence-corrected chi connectivity index (χ1v) is 4.39. The molecule has 1 rings (SSSR count). The Labute approximate surface area is 81.5 Å². The lowest BCUT2D eigenvalue weighted by atomic mass is 10.2. The van der Waals surface area contributed by atoms with Crippen molar-refractivity contribution in [1.29, 1.82) is 0 Å². The highest BCUT2D eigenvalue weighted by Crippen LogP contribution is 2.09. The number of likely N-dealkylation sites (tertiary alicyclic amines) is 1. The highest BCUT2D eigenvalue weighted by Gasteiger charge is 2.35. The zero-order valence-electron chi connectivity index (χ0n) is 7.29. The summed E-state index contributed by atoms with van der Waals surface area (Å²) in [5, 5.41) is 2.91. The molecule has 72 valence electrons. The molecule has 0 bridgehead atoms. The third-order valence-electron chi connectivity index (χ3n) is 1.95. The molecule has 0 aromatic rings. The van der Waals surface area contributed by atoms with Crippen LogP contribution >= 0.6 is 11.6 Å². The molecule has 1 atom stereocenters. The van der Waals surface area contributed by atoms with Gasteiger partial charge in [0.15, 0.2) is 0 Å². The van der Waals surface area contributed by atoms with E-state index >= 15 is 0 Å². The maximum absolute atomic E-state index is 11.3. The Morgan fingerprint density at radius 3 is 2.85 bits per heavy atom. The summed E-state index contributed by atoms with van der Waals surface area (Å²) in [6.07, 6.45) is 1.92. The third-order valence-corrected chi connectivity index (χ3v) is 2.13. The van der Waals surface area contributed by atoms with Crippen LogP contribution in [0.25, 0.3) is 0 Å². The molecular weight excluding hydrogens is 192 g/mol. The molecule has 0 aromatic carbocycles. The molecule has 0 radical (unpaired) electrons. The van der Waals surface area contributed by atoms with Crippen LogP contribution in [0, 0.1) is 0 Å². The largest absolute Gasteiger partial charge is 0.302 e. The molecule has 0 spiro atoms. The monoisotopic (exact) mass is 202 g/mol. The van der Waals surface area contributed by atoms with Crippen LogP contribution in [0.5, 0.6) is 0 Å². The van der Waals surface area contributed by atoms with Crippen LogP contribution in [0.1, 0.15) is 6.42 Å². The van der Waals surface area contributed by atoms with E-state index in [1.165, 1.54) is 12.6 Å². The number of amides is 2. The summed E-state index contributed by atoms with van der Waals surface area (Å²) < 4.78 is 0. The van der Waals surface area contributed by atoms with Gasteiger partial charge < -0.3 is 5.32 Å². The Hall–Kier alpha value is -0.870. The van der Waals surface area contributed by atoms with E-state index in [0.717, 1.165) is 4.90 Å². The molecule has 1 saturated heterocycles. The number of carbonyl (C=O) groups excluding carboxylic acids is 2. The van der Waals surface area contributed by atoms with Gasteiger partial charge in [-0.1, -0.05) is 17.7 Å². The van der Waals surface area contributed by atoms with E-state index in [-0.39, 0.29) is 24.3 Å². The average Bonchev–Trinajstić information content (AvgIpc) is 2.34. The number of nitrogens with one attached hydrogen (secondary N) is 1. The van der Waals surface area contributed by atoms with Crippen molar-refractivity contribution in [1.82, 2.24) is 10.2 Å². The van der Waals surface area contributed by atoms with Crippen LogP contribution < -0.4 is 5.32 Å². The van der Waals surface area contributed by atoms with Crippen LogP contribution in [-0.2, 0) is 9.59 Å². The number of rotatable bonds is 3. The van der Waals surface area contributed by atoms with Gasteiger partial charge in [-0.15, -0.1) is 0 Å². The highest BCUT2D eigenvalue weighted by atomic mass is 35.5. The predicted octanol–water partition coefficient (Wildman–Crippen LogP) is 0.0858. The number of hydrogen-bond donors (Lipinski definition) is 1. The van der Waals surface area contributed by atoms with Crippen LogP contribution in [0.3, 0.4) is 0 Å². The van der Waals surface area contributed by atoms with Gasteiger partial charge in [-0.3, -0.25) is 14.5 Å². The van der Waals surface area contributed by atoms with E-state index < -0.39 is 0 Å². The number of carbonyl (C=O) groups is 2. The molecule has 1 heterocycles. The lowest BCUT2D eigenvalue weighted by Gasteiger charge is -2.08. The minimum absolute atomic E-state index is 0.141. The van der Waals surface area contributed by atoms with Gasteiger partial charge in [-0.25, -0.2) is 0 Å². The number of hydrogen-bond acceptors (Lipinski definition) is 3. The van der Waals surface area contributed by atoms with Crippen molar-refractivity contribution < 1.29 is 9.59 Å². The number of imide groups is 1. The van der Waals surface area contributed by atoms with Gasteiger partial charge in [0.05, 0.1) is 12.5 Å². The summed E-state index contributed by atoms with van der Waals surface area (Å²) in [6, 6.07) is -0.384. The lowest BCUT2D eigenvalue weighted by molar-refractivity contribution is -0.137. The standard InChI is InChI=1S/C8H11ClN2O2/c1-11-7(12)5-6(8(11)13)10-4-2-3-9/h2-3,6,10H,4-5H2,1H3/b3-2+. The summed E-state index contributed by atoms with van der Waals surface area (Å²) in [4.78, 5) is 23.5. The van der Waals surface area contributed by atoms with Gasteiger partial charge in [-0.05, 0) is 0 Å². The molecule has 1 unspecified atom stereocenters. The highest BCUT2D eigenvalue weighted by molar-refractivity contribution is 6.25. The van der Waals surface area contributed by atoms with Crippen molar-refractivity contribution in [2.75, 3.05) is 13.6 Å². The fraction of sp³-hybridized carbons (Fsp3) is 0.500. The minimum atomic E-state index is -0.384. The summed E-state index contributed by atoms with van der Waals surface area (Å²) in [6.45, 7) is 0.501. The molecule has 1 N–H and O–H groups in total. The molecule has 0 saturated carbocycles. The molecule has 4 nitrogen and oxygen atoms in total. The second kappa shape index (κ2) is 4.39. The summed E-state index contributed by atoms with van der Waals surface area (Å²) >= 11 is 5.30. The first-order chi connectivity index (χ1) is 6.16. The van der Waals surface area contributed by atoms with E-state index in [1.807, 2.05) is 0 Å². The van der Waals surface area contributed by atoms with E-state index in [1.54, 1.807) is 6.08 Å². The zero-order chi connectivity index (χ0) is 9.84. The second-order valence-electron chi connectivity index (χ2n) is 2.82. The first kappa shape index (κ1) is 10.2. The molecule has 1 aliphatic rings. The fourth-order valence-electron chi connectivity index (χ4n) is 1.17. The van der Waals surface area contributed by atoms with Crippen molar-refractivity contribution in [3.05, 3.63) is 11.6 Å². The molecule has 1 fully saturated rings. The zero-order valence-corrected chi connectivity index (χ0v) is 8.04. The van der Waals surface area contributed by atoms with Crippen molar-refractivity contribution in [2.45, 2.75) is 12.5 Å². The third kappa shape index (κ3) is 2.29. The molecular formula is C8H11ClN2O2. The van der Waals surface area contributed by atoms with E-state index in [4.69, 9.17) is 11.6 Å². The van der Waals surface area contributed by atoms with Gasteiger partial charge >= 0.3 is 0 Å². The van der Waals surface area contributed by atoms with E-state index in [9.17, 15) is 9.59 Å². The normalized spacial score (nSPS) is 23.5. The Kier molecular flexibility index (Phi) is 3.45.